The number of rotatable bonds is 10. The summed E-state index contributed by atoms with van der Waals surface area (Å²) in [7, 11) is -4.22. The Morgan fingerprint density at radius 3 is 2.11 bits per heavy atom. The fourth-order valence-electron chi connectivity index (χ4n) is 3.78. The van der Waals surface area contributed by atoms with Gasteiger partial charge in [0.25, 0.3) is 5.91 Å². The van der Waals surface area contributed by atoms with Gasteiger partial charge in [-0.05, 0) is 42.7 Å². The van der Waals surface area contributed by atoms with Crippen molar-refractivity contribution in [2.24, 2.45) is 5.10 Å². The molecule has 188 valence electrons. The lowest BCUT2D eigenvalue weighted by Gasteiger charge is -2.11. The number of hydrazone groups is 1. The number of pyridine rings is 1. The first kappa shape index (κ1) is 26.4. The van der Waals surface area contributed by atoms with Crippen molar-refractivity contribution >= 4 is 43.0 Å². The summed E-state index contributed by atoms with van der Waals surface area (Å²) in [6, 6.07) is 12.1. The lowest BCUT2D eigenvalue weighted by molar-refractivity contribution is 0.0945. The zero-order valence-electron chi connectivity index (χ0n) is 20.2. The predicted molar refractivity (Wildman–Crippen MR) is 138 cm³/mol. The van der Waals surface area contributed by atoms with Gasteiger partial charge in [0, 0.05) is 26.0 Å². The van der Waals surface area contributed by atoms with Crippen molar-refractivity contribution in [3.63, 3.8) is 0 Å². The molecule has 11 heteroatoms. The van der Waals surface area contributed by atoms with Crippen molar-refractivity contribution in [3.8, 4) is 0 Å². The first-order valence-corrected chi connectivity index (χ1v) is 14.5. The Labute approximate surface area is 206 Å². The maximum atomic E-state index is 13.3. The van der Waals surface area contributed by atoms with Crippen LogP contribution in [0.1, 0.15) is 42.7 Å². The Morgan fingerprint density at radius 1 is 0.943 bits per heavy atom. The SMILES string of the molecule is CCCS(=O)(=O)c1c(S(=O)(=O)CCC)c2ccccn2c1C(=O)NN=Cc1ccc(N(C)C)cc1. The van der Waals surface area contributed by atoms with E-state index in [2.05, 4.69) is 10.5 Å². The number of carbonyl (C=O) groups is 1. The number of hydrogen-bond donors (Lipinski definition) is 1. The minimum atomic E-state index is -4.09. The third-order valence-electron chi connectivity index (χ3n) is 5.33. The number of nitrogens with one attached hydrogen (secondary N) is 1. The minimum absolute atomic E-state index is 0.143. The first-order valence-electron chi connectivity index (χ1n) is 11.2. The van der Waals surface area contributed by atoms with Crippen molar-refractivity contribution in [3.05, 3.63) is 59.9 Å². The molecule has 1 N–H and O–H groups in total. The molecular weight excluding hydrogens is 488 g/mol. The largest absolute Gasteiger partial charge is 0.378 e. The molecule has 0 saturated heterocycles. The standard InChI is InChI=1S/C24H30N4O5S2/c1-5-15-34(30,31)22-20-9-7-8-14-28(20)21(23(22)35(32,33)16-6-2)24(29)26-25-17-18-10-12-19(13-11-18)27(3)4/h7-14,17H,5-6,15-16H2,1-4H3,(H,26,29). The Balaban J connectivity index is 2.12. The minimum Gasteiger partial charge on any atom is -0.378 e. The van der Waals surface area contributed by atoms with Crippen LogP contribution in [0, 0.1) is 0 Å². The molecule has 3 aromatic rings. The number of amides is 1. The summed E-state index contributed by atoms with van der Waals surface area (Å²) in [4.78, 5) is 14.4. The van der Waals surface area contributed by atoms with Gasteiger partial charge >= 0.3 is 0 Å². The molecule has 9 nitrogen and oxygen atoms in total. The third kappa shape index (κ3) is 5.57. The van der Waals surface area contributed by atoms with E-state index in [1.54, 1.807) is 26.0 Å². The molecule has 0 saturated carbocycles. The van der Waals surface area contributed by atoms with Gasteiger partial charge in [-0.25, -0.2) is 22.3 Å². The van der Waals surface area contributed by atoms with Gasteiger partial charge in [-0.1, -0.05) is 32.0 Å². The predicted octanol–water partition coefficient (Wildman–Crippen LogP) is 3.14. The Kier molecular flexibility index (Phi) is 8.01. The number of anilines is 1. The average Bonchev–Trinajstić information content (AvgIpc) is 3.16. The maximum absolute atomic E-state index is 13.3. The number of carbonyl (C=O) groups excluding carboxylic acids is 1. The van der Waals surface area contributed by atoms with E-state index < -0.39 is 30.5 Å². The highest BCUT2D eigenvalue weighted by atomic mass is 32.2. The van der Waals surface area contributed by atoms with Crippen molar-refractivity contribution in [2.75, 3.05) is 30.5 Å². The van der Waals surface area contributed by atoms with Gasteiger partial charge in [0.15, 0.2) is 19.7 Å². The molecule has 3 rings (SSSR count). The summed E-state index contributed by atoms with van der Waals surface area (Å²) >= 11 is 0. The summed E-state index contributed by atoms with van der Waals surface area (Å²) in [6.07, 6.45) is 3.48. The van der Waals surface area contributed by atoms with Crippen molar-refractivity contribution in [1.29, 1.82) is 0 Å². The van der Waals surface area contributed by atoms with Crippen LogP contribution in [0.3, 0.4) is 0 Å². The molecule has 0 aliphatic heterocycles. The van der Waals surface area contributed by atoms with Crippen LogP contribution in [0.5, 0.6) is 0 Å². The van der Waals surface area contributed by atoms with E-state index in [1.807, 2.05) is 43.3 Å². The van der Waals surface area contributed by atoms with Gasteiger partial charge in [0.2, 0.25) is 0 Å². The smallest absolute Gasteiger partial charge is 0.289 e. The first-order chi connectivity index (χ1) is 16.5. The number of nitrogens with zero attached hydrogens (tertiary/aromatic N) is 3. The number of aromatic nitrogens is 1. The average molecular weight is 519 g/mol. The fraction of sp³-hybridized carbons (Fsp3) is 0.333. The Bertz CT molecular complexity index is 1460. The number of sulfone groups is 2. The normalized spacial score (nSPS) is 12.3. The van der Waals surface area contributed by atoms with Crippen LogP contribution in [0.25, 0.3) is 5.52 Å². The van der Waals surface area contributed by atoms with Gasteiger partial charge in [-0.3, -0.25) is 4.79 Å². The van der Waals surface area contributed by atoms with Gasteiger partial charge in [0.1, 0.15) is 15.5 Å². The molecule has 0 radical (unpaired) electrons. The zero-order chi connectivity index (χ0) is 25.8. The molecular formula is C24H30N4O5S2. The highest BCUT2D eigenvalue weighted by Gasteiger charge is 2.36. The second-order valence-electron chi connectivity index (χ2n) is 8.29. The topological polar surface area (TPSA) is 117 Å². The molecule has 0 atom stereocenters. The van der Waals surface area contributed by atoms with Gasteiger partial charge in [0.05, 0.1) is 23.2 Å². The monoisotopic (exact) mass is 518 g/mol. The number of benzene rings is 1. The van der Waals surface area contributed by atoms with Crippen molar-refractivity contribution in [1.82, 2.24) is 9.83 Å². The van der Waals surface area contributed by atoms with E-state index in [0.29, 0.717) is 6.42 Å². The van der Waals surface area contributed by atoms with E-state index in [4.69, 9.17) is 0 Å². The summed E-state index contributed by atoms with van der Waals surface area (Å²) in [5, 5.41) is 3.98. The quantitative estimate of drug-likeness (QED) is 0.326. The molecule has 0 aliphatic carbocycles. The van der Waals surface area contributed by atoms with E-state index in [9.17, 15) is 21.6 Å². The lowest BCUT2D eigenvalue weighted by Crippen LogP contribution is -2.23. The van der Waals surface area contributed by atoms with Crippen LogP contribution < -0.4 is 10.3 Å². The molecule has 35 heavy (non-hydrogen) atoms. The van der Waals surface area contributed by atoms with Crippen LogP contribution >= 0.6 is 0 Å². The lowest BCUT2D eigenvalue weighted by atomic mass is 10.2. The van der Waals surface area contributed by atoms with Gasteiger partial charge in [-0.2, -0.15) is 5.10 Å². The highest BCUT2D eigenvalue weighted by molar-refractivity contribution is 7.94. The van der Waals surface area contributed by atoms with E-state index in [-0.39, 0.29) is 34.0 Å². The van der Waals surface area contributed by atoms with Crippen LogP contribution in [0.4, 0.5) is 5.69 Å². The van der Waals surface area contributed by atoms with E-state index >= 15 is 0 Å². The Hall–Kier alpha value is -3.18. The highest BCUT2D eigenvalue weighted by Crippen LogP contribution is 2.34. The second-order valence-corrected chi connectivity index (χ2v) is 12.4. The zero-order valence-corrected chi connectivity index (χ0v) is 21.9. The number of hydrogen-bond acceptors (Lipinski definition) is 7. The van der Waals surface area contributed by atoms with Crippen LogP contribution in [-0.4, -0.2) is 59.0 Å². The molecule has 0 fully saturated rings. The summed E-state index contributed by atoms with van der Waals surface area (Å²) in [5.74, 6) is -1.35. The summed E-state index contributed by atoms with van der Waals surface area (Å²) in [5.41, 5.74) is 3.96. The van der Waals surface area contributed by atoms with E-state index in [1.165, 1.54) is 22.9 Å². The van der Waals surface area contributed by atoms with Gasteiger partial charge < -0.3 is 9.30 Å². The molecule has 0 unspecified atom stereocenters. The molecule has 1 aromatic carbocycles. The maximum Gasteiger partial charge on any atom is 0.289 e. The fourth-order valence-corrected chi connectivity index (χ4v) is 7.76. The molecule has 0 bridgehead atoms. The van der Waals surface area contributed by atoms with Crippen LogP contribution in [-0.2, 0) is 19.7 Å². The third-order valence-corrected chi connectivity index (χ3v) is 9.40. The second kappa shape index (κ2) is 10.6. The van der Waals surface area contributed by atoms with Crippen LogP contribution in [0.2, 0.25) is 0 Å². The van der Waals surface area contributed by atoms with Gasteiger partial charge in [-0.15, -0.1) is 0 Å². The van der Waals surface area contributed by atoms with E-state index in [0.717, 1.165) is 11.3 Å². The number of fused-ring (bicyclic) bond motifs is 1. The Morgan fingerprint density at radius 2 is 1.54 bits per heavy atom. The van der Waals surface area contributed by atoms with Crippen molar-refractivity contribution < 1.29 is 21.6 Å². The molecule has 2 aromatic heterocycles. The summed E-state index contributed by atoms with van der Waals surface area (Å²) in [6.45, 7) is 3.38. The van der Waals surface area contributed by atoms with Crippen molar-refractivity contribution in [2.45, 2.75) is 36.5 Å². The molecule has 0 spiro atoms. The summed E-state index contributed by atoms with van der Waals surface area (Å²) < 4.78 is 54.2. The molecule has 2 heterocycles. The molecule has 0 aliphatic rings. The van der Waals surface area contributed by atoms with Crippen LogP contribution in [0.15, 0.2) is 63.6 Å². The molecule has 1 amide bonds.